The molecule has 0 bridgehead atoms. The van der Waals surface area contributed by atoms with Gasteiger partial charge in [-0.3, -0.25) is 0 Å². The molecule has 0 aromatic carbocycles. The normalized spacial score (nSPS) is 22.4. The Morgan fingerprint density at radius 3 is 2.86 bits per heavy atom. The maximum atomic E-state index is 4.71. The maximum absolute atomic E-state index is 4.71. The summed E-state index contributed by atoms with van der Waals surface area (Å²) in [5.74, 6) is 2.45. The topological polar surface area (TPSA) is 49.8 Å². The van der Waals surface area contributed by atoms with Gasteiger partial charge in [-0.15, -0.1) is 11.3 Å². The Labute approximate surface area is 130 Å². The first-order chi connectivity index (χ1) is 10.2. The lowest BCUT2D eigenvalue weighted by Crippen LogP contribution is -2.30. The highest BCUT2D eigenvalue weighted by atomic mass is 32.1. The molecule has 2 atom stereocenters. The van der Waals surface area contributed by atoms with Gasteiger partial charge in [0.2, 0.25) is 5.95 Å². The van der Waals surface area contributed by atoms with Crippen LogP contribution in [0.25, 0.3) is 10.2 Å². The Kier molecular flexibility index (Phi) is 4.29. The average Bonchev–Trinajstić information content (AvgIpc) is 2.82. The van der Waals surface area contributed by atoms with E-state index in [9.17, 15) is 0 Å². The molecule has 0 radical (unpaired) electrons. The molecule has 0 spiro atoms. The molecular formula is C16H24N4S. The number of rotatable bonds is 4. The van der Waals surface area contributed by atoms with Crippen LogP contribution in [0.15, 0.2) is 6.07 Å². The number of nitrogens with zero attached hydrogens (tertiary/aromatic N) is 2. The molecule has 114 valence electrons. The van der Waals surface area contributed by atoms with Gasteiger partial charge in [0.05, 0.1) is 5.39 Å². The van der Waals surface area contributed by atoms with E-state index >= 15 is 0 Å². The third-order valence-corrected chi connectivity index (χ3v) is 5.23. The SMILES string of the molecule is CCNc1nc(NC2CCCCC2C)c2cc(C)sc2n1. The van der Waals surface area contributed by atoms with Gasteiger partial charge in [0.25, 0.3) is 0 Å². The number of thiophene rings is 1. The molecule has 2 aromatic rings. The molecule has 3 rings (SSSR count). The second-order valence-corrected chi connectivity index (χ2v) is 7.25. The Morgan fingerprint density at radius 1 is 1.29 bits per heavy atom. The van der Waals surface area contributed by atoms with Gasteiger partial charge in [-0.25, -0.2) is 4.98 Å². The first-order valence-corrected chi connectivity index (χ1v) is 8.77. The zero-order valence-electron chi connectivity index (χ0n) is 13.1. The van der Waals surface area contributed by atoms with E-state index in [-0.39, 0.29) is 0 Å². The number of fused-ring (bicyclic) bond motifs is 1. The molecule has 0 saturated heterocycles. The zero-order chi connectivity index (χ0) is 14.8. The fraction of sp³-hybridized carbons (Fsp3) is 0.625. The first-order valence-electron chi connectivity index (χ1n) is 7.96. The van der Waals surface area contributed by atoms with Crippen LogP contribution in [0.3, 0.4) is 0 Å². The molecule has 2 unspecified atom stereocenters. The van der Waals surface area contributed by atoms with E-state index in [1.807, 2.05) is 0 Å². The quantitative estimate of drug-likeness (QED) is 0.877. The maximum Gasteiger partial charge on any atom is 0.226 e. The van der Waals surface area contributed by atoms with Crippen molar-refractivity contribution < 1.29 is 0 Å². The molecule has 4 nitrogen and oxygen atoms in total. The minimum Gasteiger partial charge on any atom is -0.366 e. The monoisotopic (exact) mass is 304 g/mol. The lowest BCUT2D eigenvalue weighted by molar-refractivity contribution is 0.349. The largest absolute Gasteiger partial charge is 0.366 e. The molecule has 5 heteroatoms. The number of aromatic nitrogens is 2. The summed E-state index contributed by atoms with van der Waals surface area (Å²) in [7, 11) is 0. The van der Waals surface area contributed by atoms with E-state index in [4.69, 9.17) is 4.98 Å². The smallest absolute Gasteiger partial charge is 0.226 e. The Morgan fingerprint density at radius 2 is 2.10 bits per heavy atom. The number of aryl methyl sites for hydroxylation is 1. The molecule has 1 saturated carbocycles. The van der Waals surface area contributed by atoms with Crippen molar-refractivity contribution in [2.45, 2.75) is 52.5 Å². The molecule has 2 heterocycles. The molecule has 21 heavy (non-hydrogen) atoms. The van der Waals surface area contributed by atoms with E-state index in [2.05, 4.69) is 42.5 Å². The van der Waals surface area contributed by atoms with Crippen molar-refractivity contribution in [1.29, 1.82) is 0 Å². The Hall–Kier alpha value is -1.36. The summed E-state index contributed by atoms with van der Waals surface area (Å²) in [6.07, 6.45) is 5.23. The molecule has 1 aliphatic rings. The van der Waals surface area contributed by atoms with Crippen molar-refractivity contribution >= 4 is 33.3 Å². The van der Waals surface area contributed by atoms with Gasteiger partial charge in [-0.1, -0.05) is 19.8 Å². The first kappa shape index (κ1) is 14.6. The lowest BCUT2D eigenvalue weighted by Gasteiger charge is -2.30. The number of hydrogen-bond acceptors (Lipinski definition) is 5. The molecule has 2 aromatic heterocycles. The fourth-order valence-electron chi connectivity index (χ4n) is 3.10. The van der Waals surface area contributed by atoms with Crippen LogP contribution in [0.1, 0.15) is 44.4 Å². The van der Waals surface area contributed by atoms with Gasteiger partial charge >= 0.3 is 0 Å². The number of hydrogen-bond donors (Lipinski definition) is 2. The van der Waals surface area contributed by atoms with Gasteiger partial charge in [0, 0.05) is 17.5 Å². The van der Waals surface area contributed by atoms with Gasteiger partial charge in [0.1, 0.15) is 10.6 Å². The van der Waals surface area contributed by atoms with Crippen molar-refractivity contribution in [3.63, 3.8) is 0 Å². The van der Waals surface area contributed by atoms with E-state index in [1.165, 1.54) is 30.6 Å². The summed E-state index contributed by atoms with van der Waals surface area (Å²) < 4.78 is 0. The van der Waals surface area contributed by atoms with Crippen LogP contribution >= 0.6 is 11.3 Å². The molecule has 1 aliphatic carbocycles. The second-order valence-electron chi connectivity index (χ2n) is 6.01. The summed E-state index contributed by atoms with van der Waals surface area (Å²) in [6, 6.07) is 2.73. The minimum atomic E-state index is 0.534. The highest BCUT2D eigenvalue weighted by Gasteiger charge is 2.22. The summed E-state index contributed by atoms with van der Waals surface area (Å²) in [5.41, 5.74) is 0. The van der Waals surface area contributed by atoms with Gasteiger partial charge < -0.3 is 10.6 Å². The highest BCUT2D eigenvalue weighted by Crippen LogP contribution is 2.32. The molecule has 1 fully saturated rings. The highest BCUT2D eigenvalue weighted by molar-refractivity contribution is 7.18. The van der Waals surface area contributed by atoms with Crippen LogP contribution in [-0.2, 0) is 0 Å². The third kappa shape index (κ3) is 3.12. The summed E-state index contributed by atoms with van der Waals surface area (Å²) >= 11 is 1.74. The summed E-state index contributed by atoms with van der Waals surface area (Å²) in [5, 5.41) is 8.11. The van der Waals surface area contributed by atoms with E-state index in [0.717, 1.165) is 28.5 Å². The predicted octanol–water partition coefficient (Wildman–Crippen LogP) is 4.42. The lowest BCUT2D eigenvalue weighted by atomic mass is 9.86. The van der Waals surface area contributed by atoms with E-state index in [0.29, 0.717) is 12.0 Å². The van der Waals surface area contributed by atoms with Crippen molar-refractivity contribution in [1.82, 2.24) is 9.97 Å². The van der Waals surface area contributed by atoms with Gasteiger partial charge in [0.15, 0.2) is 0 Å². The van der Waals surface area contributed by atoms with E-state index in [1.54, 1.807) is 11.3 Å². The third-order valence-electron chi connectivity index (χ3n) is 4.28. The Bertz CT molecular complexity index is 622. The van der Waals surface area contributed by atoms with Crippen LogP contribution in [0, 0.1) is 12.8 Å². The second kappa shape index (κ2) is 6.18. The molecule has 2 N–H and O–H groups in total. The van der Waals surface area contributed by atoms with Crippen molar-refractivity contribution in [3.8, 4) is 0 Å². The van der Waals surface area contributed by atoms with Gasteiger partial charge in [-0.2, -0.15) is 4.98 Å². The van der Waals surface area contributed by atoms with Crippen molar-refractivity contribution in [3.05, 3.63) is 10.9 Å². The summed E-state index contributed by atoms with van der Waals surface area (Å²) in [4.78, 5) is 11.7. The van der Waals surface area contributed by atoms with Crippen LogP contribution in [0.4, 0.5) is 11.8 Å². The van der Waals surface area contributed by atoms with Crippen molar-refractivity contribution in [2.75, 3.05) is 17.2 Å². The standard InChI is InChI=1S/C16H24N4S/c1-4-17-16-19-14(12-9-11(3)21-15(12)20-16)18-13-8-6-5-7-10(13)2/h9-10,13H,4-8H2,1-3H3,(H2,17,18,19,20). The summed E-state index contributed by atoms with van der Waals surface area (Å²) in [6.45, 7) is 7.39. The predicted molar refractivity (Wildman–Crippen MR) is 91.4 cm³/mol. The molecule has 0 amide bonds. The molecular weight excluding hydrogens is 280 g/mol. The number of anilines is 2. The van der Waals surface area contributed by atoms with Gasteiger partial charge in [-0.05, 0) is 38.7 Å². The van der Waals surface area contributed by atoms with Crippen LogP contribution in [0.2, 0.25) is 0 Å². The molecule has 0 aliphatic heterocycles. The van der Waals surface area contributed by atoms with Crippen LogP contribution in [-0.4, -0.2) is 22.6 Å². The fourth-order valence-corrected chi connectivity index (χ4v) is 3.97. The van der Waals surface area contributed by atoms with E-state index < -0.39 is 0 Å². The average molecular weight is 304 g/mol. The number of nitrogens with one attached hydrogen (secondary N) is 2. The Balaban J connectivity index is 1.94. The van der Waals surface area contributed by atoms with Crippen LogP contribution in [0.5, 0.6) is 0 Å². The minimum absolute atomic E-state index is 0.534. The zero-order valence-corrected chi connectivity index (χ0v) is 13.9. The van der Waals surface area contributed by atoms with Crippen molar-refractivity contribution in [2.24, 2.45) is 5.92 Å². The van der Waals surface area contributed by atoms with Crippen LogP contribution < -0.4 is 10.6 Å².